The van der Waals surface area contributed by atoms with Crippen molar-refractivity contribution in [1.82, 2.24) is 30.2 Å². The Morgan fingerprint density at radius 2 is 2.04 bits per heavy atom. The highest BCUT2D eigenvalue weighted by atomic mass is 19.1. The van der Waals surface area contributed by atoms with Crippen molar-refractivity contribution in [3.8, 4) is 5.69 Å². The van der Waals surface area contributed by atoms with E-state index >= 15 is 0 Å². The lowest BCUT2D eigenvalue weighted by Crippen LogP contribution is -2.14. The van der Waals surface area contributed by atoms with E-state index in [2.05, 4.69) is 30.7 Å². The van der Waals surface area contributed by atoms with Crippen LogP contribution in [0.1, 0.15) is 36.1 Å². The van der Waals surface area contributed by atoms with Crippen molar-refractivity contribution in [1.29, 1.82) is 0 Å². The largest absolute Gasteiger partial charge is 0.288 e. The number of carbonyl (C=O) groups is 1. The Labute approximate surface area is 130 Å². The summed E-state index contributed by atoms with van der Waals surface area (Å²) >= 11 is 0. The third-order valence-corrected chi connectivity index (χ3v) is 3.06. The van der Waals surface area contributed by atoms with Gasteiger partial charge in [0.1, 0.15) is 11.6 Å². The van der Waals surface area contributed by atoms with Crippen molar-refractivity contribution in [2.75, 3.05) is 5.32 Å². The molecule has 1 amide bonds. The second kappa shape index (κ2) is 5.95. The Bertz CT molecular complexity index is 822. The molecule has 2 aromatic heterocycles. The van der Waals surface area contributed by atoms with Gasteiger partial charge in [0.25, 0.3) is 5.91 Å². The minimum absolute atomic E-state index is 0.102. The fraction of sp³-hybridized carbons (Fsp3) is 0.214. The van der Waals surface area contributed by atoms with Gasteiger partial charge in [0.2, 0.25) is 5.95 Å². The van der Waals surface area contributed by atoms with Gasteiger partial charge in [0.15, 0.2) is 5.69 Å². The van der Waals surface area contributed by atoms with E-state index in [1.807, 2.05) is 13.8 Å². The second-order valence-electron chi connectivity index (χ2n) is 5.15. The number of hydrogen-bond donors (Lipinski definition) is 2. The topological polar surface area (TPSA) is 101 Å². The third-order valence-electron chi connectivity index (χ3n) is 3.06. The summed E-state index contributed by atoms with van der Waals surface area (Å²) in [6.07, 6.45) is 1.31. The van der Waals surface area contributed by atoms with Crippen LogP contribution in [0.4, 0.5) is 10.3 Å². The average Bonchev–Trinajstić information content (AvgIpc) is 3.17. The van der Waals surface area contributed by atoms with Gasteiger partial charge in [0.05, 0.1) is 11.9 Å². The van der Waals surface area contributed by atoms with Crippen LogP contribution >= 0.6 is 0 Å². The fourth-order valence-electron chi connectivity index (χ4n) is 1.82. The van der Waals surface area contributed by atoms with Crippen molar-refractivity contribution in [3.63, 3.8) is 0 Å². The van der Waals surface area contributed by atoms with Crippen molar-refractivity contribution >= 4 is 11.9 Å². The van der Waals surface area contributed by atoms with Crippen LogP contribution < -0.4 is 5.32 Å². The number of rotatable bonds is 4. The minimum Gasteiger partial charge on any atom is -0.288 e. The Balaban J connectivity index is 1.74. The van der Waals surface area contributed by atoms with E-state index in [4.69, 9.17) is 0 Å². The molecule has 118 valence electrons. The lowest BCUT2D eigenvalue weighted by molar-refractivity contribution is 0.102. The molecule has 0 spiro atoms. The van der Waals surface area contributed by atoms with Crippen LogP contribution in [0.15, 0.2) is 30.5 Å². The van der Waals surface area contributed by atoms with Gasteiger partial charge in [-0.3, -0.25) is 15.2 Å². The number of aromatic amines is 1. The standard InChI is InChI=1S/C14H14FN7O/c1-8(2)12-17-14(20-19-12)18-13(23)11-7-16-22(21-11)10-5-3-9(15)4-6-10/h3-8H,1-2H3,(H2,17,18,19,20,23). The fourth-order valence-corrected chi connectivity index (χ4v) is 1.82. The number of benzene rings is 1. The molecule has 0 fully saturated rings. The number of nitrogens with one attached hydrogen (secondary N) is 2. The van der Waals surface area contributed by atoms with E-state index < -0.39 is 5.91 Å². The number of nitrogens with zero attached hydrogens (tertiary/aromatic N) is 5. The van der Waals surface area contributed by atoms with Crippen LogP contribution in [0, 0.1) is 5.82 Å². The van der Waals surface area contributed by atoms with E-state index in [9.17, 15) is 9.18 Å². The monoisotopic (exact) mass is 315 g/mol. The molecule has 2 N–H and O–H groups in total. The molecule has 0 aliphatic heterocycles. The highest BCUT2D eigenvalue weighted by Gasteiger charge is 2.15. The Morgan fingerprint density at radius 3 is 2.70 bits per heavy atom. The predicted molar refractivity (Wildman–Crippen MR) is 79.7 cm³/mol. The SMILES string of the molecule is CC(C)c1nc(NC(=O)c2cnn(-c3ccc(F)cc3)n2)n[nH]1. The molecule has 0 aliphatic carbocycles. The molecular weight excluding hydrogens is 301 g/mol. The smallest absolute Gasteiger partial charge is 0.280 e. The van der Waals surface area contributed by atoms with Crippen molar-refractivity contribution in [2.24, 2.45) is 0 Å². The maximum Gasteiger partial charge on any atom is 0.280 e. The summed E-state index contributed by atoms with van der Waals surface area (Å²) in [5, 5.41) is 17.2. The molecule has 3 aromatic rings. The zero-order valence-corrected chi connectivity index (χ0v) is 12.5. The summed E-state index contributed by atoms with van der Waals surface area (Å²) in [5.41, 5.74) is 0.649. The Kier molecular flexibility index (Phi) is 3.83. The summed E-state index contributed by atoms with van der Waals surface area (Å²) in [6, 6.07) is 5.61. The van der Waals surface area contributed by atoms with Crippen LogP contribution in [-0.2, 0) is 0 Å². The summed E-state index contributed by atoms with van der Waals surface area (Å²) < 4.78 is 12.9. The first-order valence-corrected chi connectivity index (χ1v) is 6.95. The molecule has 9 heteroatoms. The first kappa shape index (κ1) is 14.8. The zero-order chi connectivity index (χ0) is 16.4. The van der Waals surface area contributed by atoms with E-state index in [1.165, 1.54) is 35.3 Å². The van der Waals surface area contributed by atoms with E-state index in [0.717, 1.165) is 0 Å². The molecule has 0 bridgehead atoms. The molecule has 0 atom stereocenters. The Morgan fingerprint density at radius 1 is 1.30 bits per heavy atom. The van der Waals surface area contributed by atoms with Crippen LogP contribution in [0.5, 0.6) is 0 Å². The first-order chi connectivity index (χ1) is 11.0. The third kappa shape index (κ3) is 3.23. The zero-order valence-electron chi connectivity index (χ0n) is 12.5. The quantitative estimate of drug-likeness (QED) is 0.765. The van der Waals surface area contributed by atoms with Crippen molar-refractivity contribution in [3.05, 3.63) is 47.8 Å². The van der Waals surface area contributed by atoms with E-state index in [0.29, 0.717) is 11.5 Å². The highest BCUT2D eigenvalue weighted by Crippen LogP contribution is 2.11. The molecule has 1 aromatic carbocycles. The van der Waals surface area contributed by atoms with Crippen LogP contribution in [0.25, 0.3) is 5.69 Å². The molecule has 8 nitrogen and oxygen atoms in total. The number of hydrogen-bond acceptors (Lipinski definition) is 5. The van der Waals surface area contributed by atoms with Gasteiger partial charge in [-0.05, 0) is 24.3 Å². The minimum atomic E-state index is -0.479. The number of carbonyl (C=O) groups excluding carboxylic acids is 1. The van der Waals surface area contributed by atoms with Crippen molar-refractivity contribution in [2.45, 2.75) is 19.8 Å². The van der Waals surface area contributed by atoms with Gasteiger partial charge in [-0.15, -0.1) is 10.2 Å². The second-order valence-corrected chi connectivity index (χ2v) is 5.15. The molecule has 0 radical (unpaired) electrons. The summed E-state index contributed by atoms with van der Waals surface area (Å²) in [7, 11) is 0. The highest BCUT2D eigenvalue weighted by molar-refractivity contribution is 6.01. The maximum atomic E-state index is 12.9. The predicted octanol–water partition coefficient (Wildman–Crippen LogP) is 1.90. The molecular formula is C14H14FN7O. The summed E-state index contributed by atoms with van der Waals surface area (Å²) in [6.45, 7) is 3.92. The van der Waals surface area contributed by atoms with Gasteiger partial charge in [-0.25, -0.2) is 4.39 Å². The normalized spacial score (nSPS) is 11.0. The number of amides is 1. The average molecular weight is 315 g/mol. The lowest BCUT2D eigenvalue weighted by Gasteiger charge is -1.99. The van der Waals surface area contributed by atoms with Crippen LogP contribution in [-0.4, -0.2) is 36.1 Å². The van der Waals surface area contributed by atoms with Crippen molar-refractivity contribution < 1.29 is 9.18 Å². The van der Waals surface area contributed by atoms with E-state index in [-0.39, 0.29) is 23.4 Å². The number of halogens is 1. The van der Waals surface area contributed by atoms with Gasteiger partial charge < -0.3 is 0 Å². The van der Waals surface area contributed by atoms with E-state index in [1.54, 1.807) is 0 Å². The molecule has 0 aliphatic rings. The Hall–Kier alpha value is -3.10. The lowest BCUT2D eigenvalue weighted by atomic mass is 10.2. The first-order valence-electron chi connectivity index (χ1n) is 6.95. The molecule has 0 saturated carbocycles. The van der Waals surface area contributed by atoms with Gasteiger partial charge in [-0.2, -0.15) is 14.9 Å². The molecule has 0 saturated heterocycles. The maximum absolute atomic E-state index is 12.9. The van der Waals surface area contributed by atoms with Crippen LogP contribution in [0.2, 0.25) is 0 Å². The summed E-state index contributed by atoms with van der Waals surface area (Å²) in [5.74, 6) is 0.190. The van der Waals surface area contributed by atoms with Gasteiger partial charge >= 0.3 is 0 Å². The van der Waals surface area contributed by atoms with Gasteiger partial charge in [0, 0.05) is 5.92 Å². The molecule has 23 heavy (non-hydrogen) atoms. The van der Waals surface area contributed by atoms with Gasteiger partial charge in [-0.1, -0.05) is 13.8 Å². The summed E-state index contributed by atoms with van der Waals surface area (Å²) in [4.78, 5) is 17.5. The molecule has 2 heterocycles. The number of aromatic nitrogens is 6. The molecule has 3 rings (SSSR count). The molecule has 0 unspecified atom stereocenters. The number of H-pyrrole nitrogens is 1. The number of anilines is 1. The van der Waals surface area contributed by atoms with Crippen LogP contribution in [0.3, 0.4) is 0 Å².